The minimum absolute atomic E-state index is 0. The van der Waals surface area contributed by atoms with Crippen molar-refractivity contribution in [3.05, 3.63) is 131 Å². The maximum Gasteiger partial charge on any atom is 0.232 e. The smallest absolute Gasteiger partial charge is 0.232 e. The van der Waals surface area contributed by atoms with Gasteiger partial charge in [0.25, 0.3) is 0 Å². The van der Waals surface area contributed by atoms with Gasteiger partial charge < -0.3 is 15.5 Å². The monoisotopic (exact) mass is 848 g/mol. The van der Waals surface area contributed by atoms with Gasteiger partial charge in [-0.15, -0.1) is 0 Å². The molecule has 4 aliphatic rings. The van der Waals surface area contributed by atoms with Gasteiger partial charge in [-0.3, -0.25) is 4.72 Å². The van der Waals surface area contributed by atoms with Gasteiger partial charge in [0.15, 0.2) is 0 Å². The highest BCUT2D eigenvalue weighted by atomic mass is 35.7. The van der Waals surface area contributed by atoms with E-state index < -0.39 is 19.1 Å². The van der Waals surface area contributed by atoms with Crippen LogP contribution in [0.25, 0.3) is 0 Å². The molecule has 2 saturated heterocycles. The van der Waals surface area contributed by atoms with Crippen LogP contribution in [0.4, 0.5) is 11.4 Å². The van der Waals surface area contributed by atoms with Crippen LogP contribution < -0.4 is 10.5 Å². The molecule has 4 fully saturated rings. The van der Waals surface area contributed by atoms with Crippen molar-refractivity contribution in [1.82, 2.24) is 9.80 Å². The second-order valence-corrected chi connectivity index (χ2v) is 21.8. The molecule has 8 rings (SSSR count). The fourth-order valence-electron chi connectivity index (χ4n) is 9.49. The number of nitrogens with zero attached hydrogens (tertiary/aromatic N) is 2. The number of piperidine rings is 2. The SMILES string of the molecule is C.CC1(c2cccc(N)c2)C2CN(CCCc3ccccc3)CC21.CCS(=O)(=O)Cl.CCS(=O)(=O)Nc1cccc(C2(C)C3CN(CCCc4ccccc4)CC32)c1. The zero-order valence-electron chi connectivity index (χ0n) is 34.0. The molecular formula is C47H65ClN4O4S2. The fraction of sp³-hybridized carbons (Fsp3) is 0.489. The summed E-state index contributed by atoms with van der Waals surface area (Å²) in [6, 6.07) is 38.1. The molecule has 2 heterocycles. The number of fused-ring (bicyclic) bond motifs is 2. The van der Waals surface area contributed by atoms with E-state index in [0.717, 1.165) is 43.6 Å². The van der Waals surface area contributed by atoms with Crippen LogP contribution in [0.2, 0.25) is 0 Å². The van der Waals surface area contributed by atoms with Gasteiger partial charge in [-0.25, -0.2) is 16.8 Å². The summed E-state index contributed by atoms with van der Waals surface area (Å²) in [4.78, 5) is 5.26. The number of likely N-dealkylation sites (tertiary alicyclic amines) is 2. The molecule has 11 heteroatoms. The standard InChI is InChI=1S/C23H30N2O2S.C21H26N2.C2H5ClO2S.CH4/c1-3-28(26,27)24-20-13-7-12-19(15-20)23(2)21-16-25(17-22(21)23)14-8-11-18-9-5-4-6-10-18;1-21(17-10-5-11-18(22)13-17)19-14-23(15-20(19)21)12-6-9-16-7-3-2-4-8-16;1-2-6(3,4)5;/h4-7,9-10,12-13,15,21-22,24H,3,8,11,14,16-17H2,1-2H3;2-5,7-8,10-11,13,19-20H,6,9,12,14-15,22H2,1H3;2H2,1H3;1H4. The molecule has 8 nitrogen and oxygen atoms in total. The van der Waals surface area contributed by atoms with Crippen LogP contribution in [0.15, 0.2) is 109 Å². The molecule has 0 amide bonds. The Morgan fingerprint density at radius 2 is 1.05 bits per heavy atom. The van der Waals surface area contributed by atoms with E-state index in [0.29, 0.717) is 22.9 Å². The second-order valence-electron chi connectivity index (χ2n) is 16.7. The first-order valence-electron chi connectivity index (χ1n) is 20.6. The van der Waals surface area contributed by atoms with Gasteiger partial charge in [0.2, 0.25) is 19.1 Å². The van der Waals surface area contributed by atoms with Crippen molar-refractivity contribution in [2.75, 3.05) is 61.2 Å². The molecular weight excluding hydrogens is 784 g/mol. The minimum Gasteiger partial charge on any atom is -0.399 e. The Morgan fingerprint density at radius 1 is 0.638 bits per heavy atom. The van der Waals surface area contributed by atoms with E-state index >= 15 is 0 Å². The number of nitrogens with two attached hydrogens (primary N) is 1. The summed E-state index contributed by atoms with van der Waals surface area (Å²) in [5.41, 5.74) is 13.7. The summed E-state index contributed by atoms with van der Waals surface area (Å²) >= 11 is 0. The van der Waals surface area contributed by atoms with Crippen LogP contribution in [0, 0.1) is 23.7 Å². The number of aryl methyl sites for hydroxylation is 2. The lowest BCUT2D eigenvalue weighted by molar-refractivity contribution is 0.274. The third kappa shape index (κ3) is 11.2. The van der Waals surface area contributed by atoms with Gasteiger partial charge in [-0.1, -0.05) is 113 Å². The normalized spacial score (nSPS) is 25.8. The van der Waals surface area contributed by atoms with Gasteiger partial charge in [0, 0.05) is 59.1 Å². The summed E-state index contributed by atoms with van der Waals surface area (Å²) in [7, 11) is -1.73. The van der Waals surface area contributed by atoms with Crippen LogP contribution >= 0.6 is 10.7 Å². The molecule has 2 saturated carbocycles. The largest absolute Gasteiger partial charge is 0.399 e. The van der Waals surface area contributed by atoms with Gasteiger partial charge in [0.05, 0.1) is 11.5 Å². The van der Waals surface area contributed by atoms with E-state index in [-0.39, 0.29) is 24.3 Å². The number of halogens is 1. The van der Waals surface area contributed by atoms with Crippen molar-refractivity contribution in [3.63, 3.8) is 0 Å². The summed E-state index contributed by atoms with van der Waals surface area (Å²) in [6.45, 7) is 15.1. The molecule has 0 radical (unpaired) electrons. The molecule has 2 aliphatic heterocycles. The van der Waals surface area contributed by atoms with Crippen LogP contribution in [0.5, 0.6) is 0 Å². The number of rotatable bonds is 14. The molecule has 4 unspecified atom stereocenters. The summed E-state index contributed by atoms with van der Waals surface area (Å²) in [5.74, 6) is 3.11. The summed E-state index contributed by atoms with van der Waals surface area (Å²) < 4.78 is 46.0. The molecule has 3 N–H and O–H groups in total. The zero-order chi connectivity index (χ0) is 40.8. The minimum atomic E-state index is -3.23. The molecule has 4 aromatic rings. The zero-order valence-corrected chi connectivity index (χ0v) is 36.4. The number of hydrogen-bond donors (Lipinski definition) is 2. The van der Waals surface area contributed by atoms with Gasteiger partial charge in [0.1, 0.15) is 0 Å². The average Bonchev–Trinajstić information content (AvgIpc) is 3.67. The van der Waals surface area contributed by atoms with E-state index in [1.807, 2.05) is 24.3 Å². The van der Waals surface area contributed by atoms with E-state index in [1.54, 1.807) is 6.92 Å². The molecule has 58 heavy (non-hydrogen) atoms. The van der Waals surface area contributed by atoms with Crippen molar-refractivity contribution in [2.24, 2.45) is 23.7 Å². The first-order valence-corrected chi connectivity index (χ1v) is 24.7. The number of nitrogens with one attached hydrogen (secondary N) is 1. The number of benzene rings is 4. The lowest BCUT2D eigenvalue weighted by Gasteiger charge is -2.24. The molecule has 316 valence electrons. The van der Waals surface area contributed by atoms with Gasteiger partial charge >= 0.3 is 0 Å². The van der Waals surface area contributed by atoms with Gasteiger partial charge in [-0.2, -0.15) is 0 Å². The molecule has 0 spiro atoms. The quantitative estimate of drug-likeness (QED) is 0.0964. The number of nitrogen functional groups attached to an aromatic ring is 1. The van der Waals surface area contributed by atoms with Gasteiger partial charge in [-0.05, 0) is 116 Å². The lowest BCUT2D eigenvalue weighted by atomic mass is 9.92. The third-order valence-electron chi connectivity index (χ3n) is 13.2. The molecule has 2 aliphatic carbocycles. The second kappa shape index (κ2) is 19.3. The Morgan fingerprint density at radius 3 is 1.45 bits per heavy atom. The van der Waals surface area contributed by atoms with E-state index in [4.69, 9.17) is 5.73 Å². The molecule has 4 atom stereocenters. The maximum atomic E-state index is 11.9. The van der Waals surface area contributed by atoms with Crippen LogP contribution in [-0.4, -0.2) is 77.4 Å². The molecule has 4 aromatic carbocycles. The summed E-state index contributed by atoms with van der Waals surface area (Å²) in [5, 5.41) is 0. The maximum absolute atomic E-state index is 11.9. The highest BCUT2D eigenvalue weighted by Gasteiger charge is 2.66. The van der Waals surface area contributed by atoms with Crippen molar-refractivity contribution >= 4 is 41.1 Å². The third-order valence-corrected chi connectivity index (χ3v) is 15.9. The van der Waals surface area contributed by atoms with Crippen molar-refractivity contribution in [1.29, 1.82) is 0 Å². The average molecular weight is 850 g/mol. The first kappa shape index (κ1) is 45.7. The fourth-order valence-corrected chi connectivity index (χ4v) is 10.1. The molecule has 0 bridgehead atoms. The predicted octanol–water partition coefficient (Wildman–Crippen LogP) is 8.83. The van der Waals surface area contributed by atoms with Crippen LogP contribution in [0.3, 0.4) is 0 Å². The summed E-state index contributed by atoms with van der Waals surface area (Å²) in [6.07, 6.45) is 4.80. The topological polar surface area (TPSA) is 113 Å². The Hall–Kier alpha value is -3.41. The van der Waals surface area contributed by atoms with E-state index in [2.05, 4.69) is 124 Å². The highest BCUT2D eigenvalue weighted by molar-refractivity contribution is 8.13. The molecule has 0 aromatic heterocycles. The highest BCUT2D eigenvalue weighted by Crippen LogP contribution is 2.64. The predicted molar refractivity (Wildman–Crippen MR) is 243 cm³/mol. The Labute approximate surface area is 354 Å². The number of sulfonamides is 1. The number of anilines is 2. The van der Waals surface area contributed by atoms with E-state index in [9.17, 15) is 16.8 Å². The van der Waals surface area contributed by atoms with Crippen molar-refractivity contribution in [3.8, 4) is 0 Å². The van der Waals surface area contributed by atoms with Crippen LogP contribution in [-0.2, 0) is 42.7 Å². The lowest BCUT2D eigenvalue weighted by Crippen LogP contribution is -2.30. The Kier molecular flexibility index (Phi) is 15.2. The Bertz CT molecular complexity index is 2130. The number of hydrogen-bond acceptors (Lipinski definition) is 7. The van der Waals surface area contributed by atoms with Crippen molar-refractivity contribution in [2.45, 2.75) is 71.6 Å². The van der Waals surface area contributed by atoms with Crippen molar-refractivity contribution < 1.29 is 16.8 Å². The van der Waals surface area contributed by atoms with Crippen LogP contribution in [0.1, 0.15) is 70.2 Å². The first-order chi connectivity index (χ1) is 27.2. The van der Waals surface area contributed by atoms with E-state index in [1.165, 1.54) is 68.1 Å². The Balaban J connectivity index is 0.000000193.